The molecule has 0 fully saturated rings. The third-order valence-corrected chi connectivity index (χ3v) is 2.95. The van der Waals surface area contributed by atoms with Gasteiger partial charge >= 0.3 is 0 Å². The first-order valence-corrected chi connectivity index (χ1v) is 5.64. The van der Waals surface area contributed by atoms with Crippen molar-refractivity contribution in [3.05, 3.63) is 47.5 Å². The number of rotatable bonds is 4. The quantitative estimate of drug-likeness (QED) is 0.606. The Labute approximate surface area is 101 Å². The Bertz CT molecular complexity index is 491. The molecule has 3 N–H and O–H groups in total. The highest BCUT2D eigenvalue weighted by Crippen LogP contribution is 2.23. The van der Waals surface area contributed by atoms with E-state index in [0.29, 0.717) is 0 Å². The van der Waals surface area contributed by atoms with Crippen LogP contribution in [0.25, 0.3) is 0 Å². The summed E-state index contributed by atoms with van der Waals surface area (Å²) in [6.07, 6.45) is 6.37. The second-order valence-corrected chi connectivity index (χ2v) is 3.91. The molecule has 2 aromatic rings. The molecule has 2 aromatic heterocycles. The molecule has 0 aliphatic heterocycles. The van der Waals surface area contributed by atoms with Crippen molar-refractivity contribution in [2.75, 3.05) is 0 Å². The van der Waals surface area contributed by atoms with Crippen molar-refractivity contribution >= 4 is 0 Å². The topological polar surface area (TPSA) is 68.8 Å². The van der Waals surface area contributed by atoms with Crippen LogP contribution in [0.4, 0.5) is 0 Å². The summed E-state index contributed by atoms with van der Waals surface area (Å²) in [5.74, 6) is 5.68. The van der Waals surface area contributed by atoms with Gasteiger partial charge < -0.3 is 0 Å². The van der Waals surface area contributed by atoms with E-state index >= 15 is 0 Å². The Morgan fingerprint density at radius 1 is 1.41 bits per heavy atom. The molecular formula is C12H17N5. The van der Waals surface area contributed by atoms with Gasteiger partial charge in [-0.3, -0.25) is 15.5 Å². The van der Waals surface area contributed by atoms with Crippen LogP contribution in [0.2, 0.25) is 0 Å². The van der Waals surface area contributed by atoms with Crippen LogP contribution in [0, 0.1) is 0 Å². The molecule has 90 valence electrons. The van der Waals surface area contributed by atoms with E-state index < -0.39 is 0 Å². The summed E-state index contributed by atoms with van der Waals surface area (Å²) in [6.45, 7) is 2.11. The van der Waals surface area contributed by atoms with E-state index in [1.807, 2.05) is 30.1 Å². The standard InChI is InChI=1S/C12H17N5/c1-3-9-8-14-6-4-10(9)12(16-13)11-5-7-15-17(11)2/h4-8,12,16H,3,13H2,1-2H3. The molecule has 0 saturated carbocycles. The SMILES string of the molecule is CCc1cnccc1C(NN)c1ccnn1C. The molecule has 0 saturated heterocycles. The number of pyridine rings is 1. The first-order chi connectivity index (χ1) is 8.27. The summed E-state index contributed by atoms with van der Waals surface area (Å²) in [5, 5.41) is 4.17. The zero-order valence-corrected chi connectivity index (χ0v) is 10.1. The van der Waals surface area contributed by atoms with Crippen LogP contribution >= 0.6 is 0 Å². The number of nitrogens with one attached hydrogen (secondary N) is 1. The molecule has 0 aliphatic rings. The molecule has 0 aromatic carbocycles. The Kier molecular flexibility index (Phi) is 3.51. The lowest BCUT2D eigenvalue weighted by molar-refractivity contribution is 0.571. The van der Waals surface area contributed by atoms with Gasteiger partial charge in [-0.15, -0.1) is 0 Å². The van der Waals surface area contributed by atoms with E-state index in [4.69, 9.17) is 5.84 Å². The fraction of sp³-hybridized carbons (Fsp3) is 0.333. The lowest BCUT2D eigenvalue weighted by Crippen LogP contribution is -2.31. The van der Waals surface area contributed by atoms with Crippen LogP contribution in [0.5, 0.6) is 0 Å². The number of hydrogen-bond acceptors (Lipinski definition) is 4. The van der Waals surface area contributed by atoms with Crippen molar-refractivity contribution in [1.29, 1.82) is 0 Å². The van der Waals surface area contributed by atoms with E-state index in [2.05, 4.69) is 22.4 Å². The number of nitrogens with two attached hydrogens (primary N) is 1. The minimum atomic E-state index is -0.0551. The molecule has 0 spiro atoms. The minimum absolute atomic E-state index is 0.0551. The molecule has 1 atom stereocenters. The van der Waals surface area contributed by atoms with Gasteiger partial charge in [-0.2, -0.15) is 5.10 Å². The van der Waals surface area contributed by atoms with E-state index in [0.717, 1.165) is 17.7 Å². The van der Waals surface area contributed by atoms with Crippen molar-refractivity contribution in [1.82, 2.24) is 20.2 Å². The number of hydrazine groups is 1. The average Bonchev–Trinajstić information content (AvgIpc) is 2.78. The van der Waals surface area contributed by atoms with Gasteiger partial charge in [-0.05, 0) is 29.7 Å². The molecule has 17 heavy (non-hydrogen) atoms. The third-order valence-electron chi connectivity index (χ3n) is 2.95. The van der Waals surface area contributed by atoms with Crippen LogP contribution < -0.4 is 11.3 Å². The van der Waals surface area contributed by atoms with Gasteiger partial charge in [0.1, 0.15) is 0 Å². The van der Waals surface area contributed by atoms with Crippen LogP contribution in [-0.2, 0) is 13.5 Å². The van der Waals surface area contributed by atoms with E-state index in [1.165, 1.54) is 5.56 Å². The molecular weight excluding hydrogens is 214 g/mol. The summed E-state index contributed by atoms with van der Waals surface area (Å²) in [5.41, 5.74) is 6.22. The van der Waals surface area contributed by atoms with Gasteiger partial charge in [0.25, 0.3) is 0 Å². The van der Waals surface area contributed by atoms with Crippen molar-refractivity contribution < 1.29 is 0 Å². The largest absolute Gasteiger partial charge is 0.271 e. The summed E-state index contributed by atoms with van der Waals surface area (Å²) in [4.78, 5) is 4.15. The second-order valence-electron chi connectivity index (χ2n) is 3.91. The second kappa shape index (κ2) is 5.07. The molecule has 0 radical (unpaired) electrons. The molecule has 2 heterocycles. The molecule has 0 amide bonds. The average molecular weight is 231 g/mol. The summed E-state index contributed by atoms with van der Waals surface area (Å²) >= 11 is 0. The van der Waals surface area contributed by atoms with Crippen LogP contribution in [0.3, 0.4) is 0 Å². The highest BCUT2D eigenvalue weighted by Gasteiger charge is 2.18. The zero-order valence-electron chi connectivity index (χ0n) is 10.1. The summed E-state index contributed by atoms with van der Waals surface area (Å²) in [7, 11) is 1.91. The van der Waals surface area contributed by atoms with E-state index in [9.17, 15) is 0 Å². The molecule has 0 bridgehead atoms. The Hall–Kier alpha value is -1.72. The summed E-state index contributed by atoms with van der Waals surface area (Å²) in [6, 6.07) is 3.90. The fourth-order valence-corrected chi connectivity index (χ4v) is 2.02. The number of nitrogens with zero attached hydrogens (tertiary/aromatic N) is 3. The molecule has 1 unspecified atom stereocenters. The summed E-state index contributed by atoms with van der Waals surface area (Å²) < 4.78 is 1.82. The van der Waals surface area contributed by atoms with Crippen molar-refractivity contribution in [2.45, 2.75) is 19.4 Å². The molecule has 0 aliphatic carbocycles. The first kappa shape index (κ1) is 11.8. The maximum Gasteiger partial charge on any atom is 0.0881 e. The Balaban J connectivity index is 2.46. The lowest BCUT2D eigenvalue weighted by atomic mass is 9.99. The van der Waals surface area contributed by atoms with E-state index in [1.54, 1.807) is 12.4 Å². The molecule has 5 heteroatoms. The van der Waals surface area contributed by atoms with Crippen LogP contribution in [0.15, 0.2) is 30.7 Å². The molecule has 5 nitrogen and oxygen atoms in total. The highest BCUT2D eigenvalue weighted by molar-refractivity contribution is 5.32. The molecule has 2 rings (SSSR count). The fourth-order valence-electron chi connectivity index (χ4n) is 2.02. The highest BCUT2D eigenvalue weighted by atomic mass is 15.3. The number of hydrogen-bond donors (Lipinski definition) is 2. The van der Waals surface area contributed by atoms with Crippen LogP contribution in [-0.4, -0.2) is 14.8 Å². The van der Waals surface area contributed by atoms with Crippen molar-refractivity contribution in [3.8, 4) is 0 Å². The lowest BCUT2D eigenvalue weighted by Gasteiger charge is -2.19. The van der Waals surface area contributed by atoms with Gasteiger partial charge in [-0.25, -0.2) is 5.43 Å². The zero-order chi connectivity index (χ0) is 12.3. The predicted octanol–water partition coefficient (Wildman–Crippen LogP) is 0.930. The number of aromatic nitrogens is 3. The van der Waals surface area contributed by atoms with Crippen molar-refractivity contribution in [2.24, 2.45) is 12.9 Å². The van der Waals surface area contributed by atoms with Gasteiger partial charge in [0, 0.05) is 25.6 Å². The Morgan fingerprint density at radius 3 is 2.82 bits per heavy atom. The van der Waals surface area contributed by atoms with Gasteiger partial charge in [-0.1, -0.05) is 6.92 Å². The third kappa shape index (κ3) is 2.20. The van der Waals surface area contributed by atoms with Gasteiger partial charge in [0.2, 0.25) is 0 Å². The van der Waals surface area contributed by atoms with E-state index in [-0.39, 0.29) is 6.04 Å². The maximum absolute atomic E-state index is 5.68. The minimum Gasteiger partial charge on any atom is -0.271 e. The van der Waals surface area contributed by atoms with Gasteiger partial charge in [0.05, 0.1) is 11.7 Å². The normalized spacial score (nSPS) is 12.6. The Morgan fingerprint density at radius 2 is 2.24 bits per heavy atom. The maximum atomic E-state index is 5.68. The number of aryl methyl sites for hydroxylation is 2. The van der Waals surface area contributed by atoms with Crippen molar-refractivity contribution in [3.63, 3.8) is 0 Å². The van der Waals surface area contributed by atoms with Crippen LogP contribution in [0.1, 0.15) is 29.8 Å². The van der Waals surface area contributed by atoms with Gasteiger partial charge in [0.15, 0.2) is 0 Å². The monoisotopic (exact) mass is 231 g/mol. The first-order valence-electron chi connectivity index (χ1n) is 5.64. The smallest absolute Gasteiger partial charge is 0.0881 e. The predicted molar refractivity (Wildman–Crippen MR) is 66.0 cm³/mol.